The molecule has 3 heteroatoms. The highest BCUT2D eigenvalue weighted by atomic mass is 16.1. The number of nitrogens with zero attached hydrogens (tertiary/aromatic N) is 2. The van der Waals surface area contributed by atoms with E-state index in [0.717, 1.165) is 33.5 Å². The Morgan fingerprint density at radius 3 is 1.69 bits per heavy atom. The van der Waals surface area contributed by atoms with Crippen LogP contribution in [-0.2, 0) is 12.5 Å². The Labute approximate surface area is 228 Å². The van der Waals surface area contributed by atoms with Gasteiger partial charge in [-0.3, -0.25) is 4.79 Å². The van der Waals surface area contributed by atoms with Gasteiger partial charge in [0.1, 0.15) is 0 Å². The Morgan fingerprint density at radius 1 is 0.615 bits per heavy atom. The van der Waals surface area contributed by atoms with Gasteiger partial charge in [0.2, 0.25) is 0 Å². The van der Waals surface area contributed by atoms with E-state index in [-0.39, 0.29) is 5.43 Å². The van der Waals surface area contributed by atoms with Gasteiger partial charge in [0, 0.05) is 29.9 Å². The SMILES string of the molecule is Cc1cn(C)c2cc(N3c4ccccc4C(c4ccccc4)(c4ccccc4)c4ccccc43)ccc2c1=O. The van der Waals surface area contributed by atoms with Gasteiger partial charge < -0.3 is 9.47 Å². The van der Waals surface area contributed by atoms with Gasteiger partial charge in [-0.25, -0.2) is 0 Å². The van der Waals surface area contributed by atoms with Crippen LogP contribution in [0.25, 0.3) is 10.9 Å². The third kappa shape index (κ3) is 3.33. The van der Waals surface area contributed by atoms with Gasteiger partial charge >= 0.3 is 0 Å². The molecule has 0 radical (unpaired) electrons. The number of rotatable bonds is 3. The van der Waals surface area contributed by atoms with Crippen molar-refractivity contribution in [1.82, 2.24) is 4.57 Å². The normalized spacial score (nSPS) is 13.6. The molecule has 39 heavy (non-hydrogen) atoms. The van der Waals surface area contributed by atoms with E-state index in [4.69, 9.17) is 0 Å². The molecule has 0 bridgehead atoms. The summed E-state index contributed by atoms with van der Waals surface area (Å²) in [4.78, 5) is 15.3. The van der Waals surface area contributed by atoms with E-state index in [1.807, 2.05) is 26.2 Å². The van der Waals surface area contributed by atoms with Crippen LogP contribution < -0.4 is 10.3 Å². The Bertz CT molecular complexity index is 1820. The van der Waals surface area contributed by atoms with Gasteiger partial charge in [-0.1, -0.05) is 97.1 Å². The van der Waals surface area contributed by atoms with Crippen molar-refractivity contribution in [3.63, 3.8) is 0 Å². The molecule has 0 spiro atoms. The van der Waals surface area contributed by atoms with Crippen LogP contribution in [0.2, 0.25) is 0 Å². The lowest BCUT2D eigenvalue weighted by Gasteiger charge is -2.46. The van der Waals surface area contributed by atoms with Crippen LogP contribution in [0, 0.1) is 6.92 Å². The van der Waals surface area contributed by atoms with E-state index in [0.29, 0.717) is 0 Å². The van der Waals surface area contributed by atoms with Gasteiger partial charge in [0.25, 0.3) is 0 Å². The number of hydrogen-bond acceptors (Lipinski definition) is 2. The Hall–Kier alpha value is -4.89. The summed E-state index contributed by atoms with van der Waals surface area (Å²) in [5, 5.41) is 0.739. The highest BCUT2D eigenvalue weighted by Crippen LogP contribution is 2.57. The Morgan fingerprint density at radius 2 is 1.13 bits per heavy atom. The number of anilines is 3. The monoisotopic (exact) mass is 504 g/mol. The van der Waals surface area contributed by atoms with E-state index in [9.17, 15) is 4.79 Å². The van der Waals surface area contributed by atoms with Crippen molar-refractivity contribution in [1.29, 1.82) is 0 Å². The summed E-state index contributed by atoms with van der Waals surface area (Å²) in [6.07, 6.45) is 1.92. The lowest BCUT2D eigenvalue weighted by Crippen LogP contribution is -2.37. The van der Waals surface area contributed by atoms with Gasteiger partial charge in [-0.2, -0.15) is 0 Å². The summed E-state index contributed by atoms with van der Waals surface area (Å²) in [5.74, 6) is 0. The molecule has 3 nitrogen and oxygen atoms in total. The topological polar surface area (TPSA) is 25.2 Å². The predicted molar refractivity (Wildman–Crippen MR) is 160 cm³/mol. The molecular formula is C36H28N2O. The number of para-hydroxylation sites is 2. The van der Waals surface area contributed by atoms with Crippen LogP contribution in [0.15, 0.2) is 138 Å². The van der Waals surface area contributed by atoms with E-state index in [1.54, 1.807) is 0 Å². The third-order valence-corrected chi connectivity index (χ3v) is 8.12. The fourth-order valence-corrected chi connectivity index (χ4v) is 6.46. The number of hydrogen-bond donors (Lipinski definition) is 0. The van der Waals surface area contributed by atoms with E-state index in [1.165, 1.54) is 22.3 Å². The first-order chi connectivity index (χ1) is 19.1. The van der Waals surface area contributed by atoms with Crippen LogP contribution in [0.3, 0.4) is 0 Å². The molecule has 0 atom stereocenters. The minimum Gasteiger partial charge on any atom is -0.350 e. The molecule has 0 aliphatic carbocycles. The van der Waals surface area contributed by atoms with Crippen molar-refractivity contribution in [2.75, 3.05) is 4.90 Å². The quantitative estimate of drug-likeness (QED) is 0.243. The number of fused-ring (bicyclic) bond motifs is 3. The van der Waals surface area contributed by atoms with Crippen molar-refractivity contribution < 1.29 is 0 Å². The zero-order valence-corrected chi connectivity index (χ0v) is 22.0. The molecule has 0 N–H and O–H groups in total. The summed E-state index contributed by atoms with van der Waals surface area (Å²) in [5.41, 5.74) is 9.44. The second-order valence-corrected chi connectivity index (χ2v) is 10.3. The molecule has 0 amide bonds. The molecule has 7 rings (SSSR count). The van der Waals surface area contributed by atoms with Gasteiger partial charge in [0.05, 0.1) is 22.3 Å². The molecule has 0 unspecified atom stereocenters. The first-order valence-electron chi connectivity index (χ1n) is 13.3. The zero-order valence-electron chi connectivity index (χ0n) is 22.0. The Kier molecular flexibility index (Phi) is 5.27. The fraction of sp³-hybridized carbons (Fsp3) is 0.0833. The summed E-state index contributed by atoms with van der Waals surface area (Å²) in [6.45, 7) is 1.87. The second-order valence-electron chi connectivity index (χ2n) is 10.3. The van der Waals surface area contributed by atoms with Crippen LogP contribution in [0.4, 0.5) is 17.1 Å². The zero-order chi connectivity index (χ0) is 26.6. The Balaban J connectivity index is 1.59. The molecule has 1 aliphatic heterocycles. The largest absolute Gasteiger partial charge is 0.350 e. The van der Waals surface area contributed by atoms with Crippen molar-refractivity contribution in [3.05, 3.63) is 172 Å². The summed E-state index contributed by atoms with van der Waals surface area (Å²) in [6, 6.07) is 45.3. The molecule has 2 heterocycles. The number of pyridine rings is 1. The molecule has 0 fully saturated rings. The molecule has 5 aromatic carbocycles. The van der Waals surface area contributed by atoms with Gasteiger partial charge in [-0.05, 0) is 59.5 Å². The molecule has 6 aromatic rings. The van der Waals surface area contributed by atoms with Crippen molar-refractivity contribution >= 4 is 28.0 Å². The number of benzene rings is 5. The smallest absolute Gasteiger partial charge is 0.192 e. The van der Waals surface area contributed by atoms with Crippen LogP contribution >= 0.6 is 0 Å². The molecule has 1 aliphatic rings. The molecular weight excluding hydrogens is 476 g/mol. The van der Waals surface area contributed by atoms with Crippen molar-refractivity contribution in [3.8, 4) is 0 Å². The standard InChI is InChI=1S/C36H28N2O/c1-25-24-37(2)34-23-28(21-22-29(34)35(25)39)38-32-19-11-9-17-30(32)36(26-13-5-3-6-14-26,27-15-7-4-8-16-27)31-18-10-12-20-33(31)38/h3-24H,1-2H3. The predicted octanol–water partition coefficient (Wildman–Crippen LogP) is 8.01. The number of aryl methyl sites for hydroxylation is 2. The lowest BCUT2D eigenvalue weighted by atomic mass is 9.62. The highest BCUT2D eigenvalue weighted by Gasteiger charge is 2.46. The van der Waals surface area contributed by atoms with Crippen molar-refractivity contribution in [2.45, 2.75) is 12.3 Å². The van der Waals surface area contributed by atoms with E-state index < -0.39 is 5.41 Å². The second kappa shape index (κ2) is 8.85. The summed E-state index contributed by atoms with van der Waals surface area (Å²) >= 11 is 0. The summed E-state index contributed by atoms with van der Waals surface area (Å²) in [7, 11) is 2.01. The maximum Gasteiger partial charge on any atom is 0.192 e. The number of aromatic nitrogens is 1. The van der Waals surface area contributed by atoms with Gasteiger partial charge in [0.15, 0.2) is 5.43 Å². The molecule has 1 aromatic heterocycles. The lowest BCUT2D eigenvalue weighted by molar-refractivity contribution is 0.731. The van der Waals surface area contributed by atoms with Crippen LogP contribution in [-0.4, -0.2) is 4.57 Å². The molecule has 188 valence electrons. The maximum atomic E-state index is 12.9. The van der Waals surface area contributed by atoms with Gasteiger partial charge in [-0.15, -0.1) is 0 Å². The first kappa shape index (κ1) is 23.2. The minimum absolute atomic E-state index is 0.0845. The average Bonchev–Trinajstić information content (AvgIpc) is 2.99. The molecule has 0 saturated heterocycles. The van der Waals surface area contributed by atoms with E-state index in [2.05, 4.69) is 131 Å². The van der Waals surface area contributed by atoms with Crippen LogP contribution in [0.5, 0.6) is 0 Å². The van der Waals surface area contributed by atoms with Crippen LogP contribution in [0.1, 0.15) is 27.8 Å². The minimum atomic E-state index is -0.493. The van der Waals surface area contributed by atoms with Crippen molar-refractivity contribution in [2.24, 2.45) is 7.05 Å². The average molecular weight is 505 g/mol. The summed E-state index contributed by atoms with van der Waals surface area (Å²) < 4.78 is 2.05. The highest BCUT2D eigenvalue weighted by molar-refractivity contribution is 5.92. The van der Waals surface area contributed by atoms with E-state index >= 15 is 0 Å². The maximum absolute atomic E-state index is 12.9. The third-order valence-electron chi connectivity index (χ3n) is 8.12. The fourth-order valence-electron chi connectivity index (χ4n) is 6.46. The first-order valence-corrected chi connectivity index (χ1v) is 13.3. The molecule has 0 saturated carbocycles.